The first kappa shape index (κ1) is 7.65. The standard InChI is InChI=1S/C6H11NO3/c1-3-5(9)6(10)4(8)2-7-3/h2-6,8-10H,1H3/t3-,4+,5-,6+/m1/s1. The molecule has 0 unspecified atom stereocenters. The number of hydrogen-bond donors (Lipinski definition) is 3. The van der Waals surface area contributed by atoms with Crippen molar-refractivity contribution >= 4 is 6.21 Å². The normalized spacial score (nSPS) is 47.6. The van der Waals surface area contributed by atoms with E-state index in [1.54, 1.807) is 6.92 Å². The maximum Gasteiger partial charge on any atom is 0.117 e. The van der Waals surface area contributed by atoms with E-state index in [1.807, 2.05) is 0 Å². The van der Waals surface area contributed by atoms with E-state index in [2.05, 4.69) is 4.99 Å². The van der Waals surface area contributed by atoms with Crippen LogP contribution in [0, 0.1) is 0 Å². The molecule has 1 aliphatic heterocycles. The van der Waals surface area contributed by atoms with E-state index in [0.717, 1.165) is 0 Å². The molecule has 1 heterocycles. The molecule has 0 radical (unpaired) electrons. The lowest BCUT2D eigenvalue weighted by atomic mass is 10.0. The van der Waals surface area contributed by atoms with Crippen molar-refractivity contribution in [1.29, 1.82) is 0 Å². The molecule has 10 heavy (non-hydrogen) atoms. The van der Waals surface area contributed by atoms with E-state index in [9.17, 15) is 0 Å². The molecule has 1 aliphatic rings. The van der Waals surface area contributed by atoms with Crippen LogP contribution < -0.4 is 0 Å². The molecular formula is C6H11NO3. The van der Waals surface area contributed by atoms with Crippen molar-refractivity contribution in [3.05, 3.63) is 0 Å². The largest absolute Gasteiger partial charge is 0.388 e. The Labute approximate surface area is 58.8 Å². The van der Waals surface area contributed by atoms with Crippen LogP contribution in [0.25, 0.3) is 0 Å². The van der Waals surface area contributed by atoms with Crippen LogP contribution in [0.2, 0.25) is 0 Å². The van der Waals surface area contributed by atoms with Crippen LogP contribution in [-0.2, 0) is 0 Å². The number of aliphatic hydroxyl groups excluding tert-OH is 3. The van der Waals surface area contributed by atoms with Gasteiger partial charge >= 0.3 is 0 Å². The summed E-state index contributed by atoms with van der Waals surface area (Å²) in [6.45, 7) is 1.68. The molecule has 4 heteroatoms. The summed E-state index contributed by atoms with van der Waals surface area (Å²) in [5, 5.41) is 27.0. The molecule has 0 bridgehead atoms. The van der Waals surface area contributed by atoms with E-state index < -0.39 is 18.3 Å². The maximum absolute atomic E-state index is 9.09. The summed E-state index contributed by atoms with van der Waals surface area (Å²) >= 11 is 0. The number of rotatable bonds is 0. The van der Waals surface area contributed by atoms with Crippen LogP contribution in [0.5, 0.6) is 0 Å². The van der Waals surface area contributed by atoms with Crippen molar-refractivity contribution in [2.75, 3.05) is 0 Å². The Bertz CT molecular complexity index is 132. The van der Waals surface area contributed by atoms with Crippen molar-refractivity contribution in [2.24, 2.45) is 4.99 Å². The van der Waals surface area contributed by atoms with Crippen LogP contribution in [0.4, 0.5) is 0 Å². The topological polar surface area (TPSA) is 73.1 Å². The Morgan fingerprint density at radius 2 is 1.80 bits per heavy atom. The van der Waals surface area contributed by atoms with Gasteiger partial charge in [0.05, 0.1) is 6.04 Å². The lowest BCUT2D eigenvalue weighted by molar-refractivity contribution is -0.0470. The molecule has 0 aromatic heterocycles. The van der Waals surface area contributed by atoms with E-state index >= 15 is 0 Å². The first-order valence-corrected chi connectivity index (χ1v) is 3.20. The average Bonchev–Trinajstić information content (AvgIpc) is 1.93. The van der Waals surface area contributed by atoms with E-state index in [0.29, 0.717) is 0 Å². The summed E-state index contributed by atoms with van der Waals surface area (Å²) < 4.78 is 0. The van der Waals surface area contributed by atoms with Crippen LogP contribution >= 0.6 is 0 Å². The third-order valence-electron chi connectivity index (χ3n) is 1.67. The third kappa shape index (κ3) is 1.18. The first-order chi connectivity index (χ1) is 4.63. The molecule has 0 saturated carbocycles. The Morgan fingerprint density at radius 1 is 1.20 bits per heavy atom. The van der Waals surface area contributed by atoms with Gasteiger partial charge in [-0.05, 0) is 6.92 Å². The van der Waals surface area contributed by atoms with Crippen molar-refractivity contribution < 1.29 is 15.3 Å². The minimum Gasteiger partial charge on any atom is -0.388 e. The highest BCUT2D eigenvalue weighted by Crippen LogP contribution is 2.11. The molecule has 0 saturated heterocycles. The molecule has 0 aliphatic carbocycles. The zero-order valence-electron chi connectivity index (χ0n) is 5.68. The molecular weight excluding hydrogens is 134 g/mol. The fraction of sp³-hybridized carbons (Fsp3) is 0.833. The van der Waals surface area contributed by atoms with Gasteiger partial charge in [-0.25, -0.2) is 0 Å². The quantitative estimate of drug-likeness (QED) is 0.390. The fourth-order valence-corrected chi connectivity index (χ4v) is 0.888. The Kier molecular flexibility index (Phi) is 2.03. The average molecular weight is 145 g/mol. The summed E-state index contributed by atoms with van der Waals surface area (Å²) in [7, 11) is 0. The van der Waals surface area contributed by atoms with Gasteiger partial charge in [0.2, 0.25) is 0 Å². The van der Waals surface area contributed by atoms with Gasteiger partial charge < -0.3 is 15.3 Å². The number of nitrogens with zero attached hydrogens (tertiary/aromatic N) is 1. The van der Waals surface area contributed by atoms with E-state index in [4.69, 9.17) is 15.3 Å². The fourth-order valence-electron chi connectivity index (χ4n) is 0.888. The Balaban J connectivity index is 2.69. The number of hydrogen-bond acceptors (Lipinski definition) is 4. The zero-order valence-corrected chi connectivity index (χ0v) is 5.68. The van der Waals surface area contributed by atoms with Gasteiger partial charge in [0.1, 0.15) is 18.3 Å². The molecule has 0 aromatic rings. The van der Waals surface area contributed by atoms with Crippen molar-refractivity contribution in [3.8, 4) is 0 Å². The van der Waals surface area contributed by atoms with Crippen molar-refractivity contribution in [1.82, 2.24) is 0 Å². The van der Waals surface area contributed by atoms with Gasteiger partial charge in [-0.1, -0.05) is 0 Å². The molecule has 3 N–H and O–H groups in total. The predicted octanol–water partition coefficient (Wildman–Crippen LogP) is -1.46. The molecule has 4 nitrogen and oxygen atoms in total. The highest BCUT2D eigenvalue weighted by atomic mass is 16.4. The zero-order chi connectivity index (χ0) is 7.72. The van der Waals surface area contributed by atoms with Gasteiger partial charge in [-0.2, -0.15) is 0 Å². The van der Waals surface area contributed by atoms with Crippen LogP contribution in [0.1, 0.15) is 6.92 Å². The second-order valence-electron chi connectivity index (χ2n) is 2.51. The van der Waals surface area contributed by atoms with Gasteiger partial charge in [0.25, 0.3) is 0 Å². The second-order valence-corrected chi connectivity index (χ2v) is 2.51. The molecule has 4 atom stereocenters. The smallest absolute Gasteiger partial charge is 0.117 e. The van der Waals surface area contributed by atoms with Gasteiger partial charge in [0, 0.05) is 6.21 Å². The Hall–Kier alpha value is -0.450. The number of aliphatic hydroxyl groups is 3. The first-order valence-electron chi connectivity index (χ1n) is 3.20. The molecule has 0 spiro atoms. The van der Waals surface area contributed by atoms with Crippen molar-refractivity contribution in [2.45, 2.75) is 31.3 Å². The van der Waals surface area contributed by atoms with Gasteiger partial charge in [0.15, 0.2) is 0 Å². The molecule has 0 aromatic carbocycles. The molecule has 58 valence electrons. The van der Waals surface area contributed by atoms with Crippen LogP contribution in [-0.4, -0.2) is 45.9 Å². The summed E-state index contributed by atoms with van der Waals surface area (Å²) in [6.07, 6.45) is -1.80. The van der Waals surface area contributed by atoms with Crippen LogP contribution in [0.15, 0.2) is 4.99 Å². The molecule has 0 fully saturated rings. The predicted molar refractivity (Wildman–Crippen MR) is 36.0 cm³/mol. The lowest BCUT2D eigenvalue weighted by Crippen LogP contribution is -2.47. The molecule has 0 amide bonds. The monoisotopic (exact) mass is 145 g/mol. The maximum atomic E-state index is 9.09. The van der Waals surface area contributed by atoms with Gasteiger partial charge in [-0.3, -0.25) is 4.99 Å². The third-order valence-corrected chi connectivity index (χ3v) is 1.67. The Morgan fingerprint density at radius 3 is 2.30 bits per heavy atom. The summed E-state index contributed by atoms with van der Waals surface area (Å²) in [5.74, 6) is 0. The highest BCUT2D eigenvalue weighted by molar-refractivity contribution is 5.65. The summed E-state index contributed by atoms with van der Waals surface area (Å²) in [4.78, 5) is 3.76. The lowest BCUT2D eigenvalue weighted by Gasteiger charge is -2.27. The van der Waals surface area contributed by atoms with Crippen molar-refractivity contribution in [3.63, 3.8) is 0 Å². The number of aliphatic imine (C=N–C) groups is 1. The minimum absolute atomic E-state index is 0.321. The van der Waals surface area contributed by atoms with Crippen LogP contribution in [0.3, 0.4) is 0 Å². The summed E-state index contributed by atoms with van der Waals surface area (Å²) in [6, 6.07) is -0.321. The van der Waals surface area contributed by atoms with Gasteiger partial charge in [-0.15, -0.1) is 0 Å². The SMILES string of the molecule is C[C@H]1N=C[C@H](O)[C@H](O)[C@@H]1O. The molecule has 1 rings (SSSR count). The second kappa shape index (κ2) is 2.65. The van der Waals surface area contributed by atoms with E-state index in [1.165, 1.54) is 6.21 Å². The summed E-state index contributed by atoms with van der Waals surface area (Å²) in [5.41, 5.74) is 0. The highest BCUT2D eigenvalue weighted by Gasteiger charge is 2.31. The minimum atomic E-state index is -1.09. The van der Waals surface area contributed by atoms with E-state index in [-0.39, 0.29) is 6.04 Å².